The highest BCUT2D eigenvalue weighted by Gasteiger charge is 2.40. The quantitative estimate of drug-likeness (QED) is 0.103. The molecule has 12 rings (SSSR count). The van der Waals surface area contributed by atoms with Gasteiger partial charge in [0.25, 0.3) is 0 Å². The van der Waals surface area contributed by atoms with Crippen molar-refractivity contribution in [1.29, 1.82) is 0 Å². The van der Waals surface area contributed by atoms with Crippen molar-refractivity contribution in [3.63, 3.8) is 0 Å². The molecule has 2 aliphatic rings. The number of carboxylic acids is 1. The number of rotatable bonds is 11. The molecule has 2 saturated carbocycles. The van der Waals surface area contributed by atoms with Gasteiger partial charge in [-0.25, -0.2) is 9.97 Å². The monoisotopic (exact) mass is 1000 g/mol. The highest BCUT2D eigenvalue weighted by atomic mass is 16.5. The van der Waals surface area contributed by atoms with Gasteiger partial charge in [0, 0.05) is 57.2 Å². The number of carbonyl (C=O) groups is 2. The van der Waals surface area contributed by atoms with E-state index < -0.39 is 11.4 Å². The predicted octanol–water partition coefficient (Wildman–Crippen LogP) is 12.0. The number of ether oxygens (including phenoxy) is 1. The second-order valence-corrected chi connectivity index (χ2v) is 20.8. The predicted molar refractivity (Wildman–Crippen MR) is 291 cm³/mol. The number of aromatic amines is 2. The van der Waals surface area contributed by atoms with E-state index in [1.165, 1.54) is 0 Å². The number of hydrogen-bond donors (Lipinski definition) is 3. The third-order valence-electron chi connectivity index (χ3n) is 15.8. The number of aryl methyl sites for hydroxylation is 2. The molecule has 0 aliphatic heterocycles. The van der Waals surface area contributed by atoms with Crippen molar-refractivity contribution in [3.05, 3.63) is 132 Å². The van der Waals surface area contributed by atoms with Crippen LogP contribution in [0.1, 0.15) is 102 Å². The maximum atomic E-state index is 12.5. The SMILES string of the molecule is C.CCOC(=O)C1(C)CCC(Cc2nc3c(-c4ccc(-c5ccccc5)nc4)cnn3c3n[nH]c(C)c23)CC1.Cc1[nH]nc2c1c(CC1CCC(C)(C(=O)O)CC1)nc1c(-c3ccc(-c4ccccc4)nc3)cnn12. The van der Waals surface area contributed by atoms with Crippen molar-refractivity contribution in [2.75, 3.05) is 6.61 Å². The first-order chi connectivity index (χ1) is 35.9. The molecule has 2 aromatic carbocycles. The van der Waals surface area contributed by atoms with Gasteiger partial charge in [-0.1, -0.05) is 80.2 Å². The zero-order chi connectivity index (χ0) is 51.1. The largest absolute Gasteiger partial charge is 0.481 e. The molecule has 0 unspecified atom stereocenters. The van der Waals surface area contributed by atoms with E-state index in [4.69, 9.17) is 19.7 Å². The molecule has 0 bridgehead atoms. The van der Waals surface area contributed by atoms with Crippen LogP contribution in [0.5, 0.6) is 0 Å². The van der Waals surface area contributed by atoms with Crippen LogP contribution < -0.4 is 0 Å². The van der Waals surface area contributed by atoms with E-state index in [9.17, 15) is 14.7 Å². The van der Waals surface area contributed by atoms with Crippen LogP contribution >= 0.6 is 0 Å². The summed E-state index contributed by atoms with van der Waals surface area (Å²) in [5, 5.41) is 36.3. The lowest BCUT2D eigenvalue weighted by Crippen LogP contribution is -2.34. The number of nitrogens with one attached hydrogen (secondary N) is 2. The maximum Gasteiger partial charge on any atom is 0.311 e. The lowest BCUT2D eigenvalue weighted by molar-refractivity contribution is -0.157. The standard InChI is InChI=1S/C30H32N6O2.C28H28N6O2.CH4/c1-4-38-29(37)30(3)14-12-20(13-15-30)16-25-26-19(2)34-35-28(26)36-27(33-25)23(18-32-36)22-10-11-24(31-17-22)21-8-6-5-7-9-21;1-17-24-23(14-18-10-12-28(2,13-11-18)27(35)36)31-25-21(16-30-34(25)26(24)33-32-17)20-8-9-22(29-15-20)19-6-4-3-5-7-19;/h5-11,17-18,20H,4,12-16H2,1-3H3,(H,34,35);3-9,15-16,18H,10-14H2,1-2H3,(H,32,33)(H,35,36);1H4. The third-order valence-corrected chi connectivity index (χ3v) is 15.8. The Morgan fingerprint density at radius 1 is 0.600 bits per heavy atom. The van der Waals surface area contributed by atoms with Gasteiger partial charge in [0.15, 0.2) is 22.6 Å². The molecule has 3 N–H and O–H groups in total. The summed E-state index contributed by atoms with van der Waals surface area (Å²) in [6.45, 7) is 10.2. The average molecular weight is 1010 g/mol. The van der Waals surface area contributed by atoms with Gasteiger partial charge in [0.2, 0.25) is 0 Å². The van der Waals surface area contributed by atoms with E-state index in [0.29, 0.717) is 31.3 Å². The third kappa shape index (κ3) is 9.65. The lowest BCUT2D eigenvalue weighted by Gasteiger charge is -2.35. The van der Waals surface area contributed by atoms with Crippen molar-refractivity contribution < 1.29 is 19.4 Å². The maximum absolute atomic E-state index is 12.5. The molecule has 2 aliphatic carbocycles. The number of fused-ring (bicyclic) bond motifs is 6. The highest BCUT2D eigenvalue weighted by molar-refractivity contribution is 5.89. The summed E-state index contributed by atoms with van der Waals surface area (Å²) >= 11 is 0. The van der Waals surface area contributed by atoms with Crippen LogP contribution in [0.25, 0.3) is 78.1 Å². The van der Waals surface area contributed by atoms with Gasteiger partial charge in [-0.05, 0) is 123 Å². The molecule has 16 heteroatoms. The van der Waals surface area contributed by atoms with Crippen LogP contribution in [0.4, 0.5) is 0 Å². The summed E-state index contributed by atoms with van der Waals surface area (Å²) in [4.78, 5) is 43.9. The summed E-state index contributed by atoms with van der Waals surface area (Å²) in [6.07, 6.45) is 15.8. The molecule has 8 heterocycles. The number of nitrogens with zero attached hydrogens (tertiary/aromatic N) is 10. The molecule has 8 aromatic heterocycles. The van der Waals surface area contributed by atoms with E-state index >= 15 is 0 Å². The van der Waals surface area contributed by atoms with Crippen LogP contribution in [0.2, 0.25) is 0 Å². The van der Waals surface area contributed by atoms with E-state index in [0.717, 1.165) is 152 Å². The normalized spacial score (nSPS) is 19.7. The van der Waals surface area contributed by atoms with Crippen molar-refractivity contribution in [2.24, 2.45) is 22.7 Å². The molecule has 384 valence electrons. The topological polar surface area (TPSA) is 207 Å². The number of carbonyl (C=O) groups excluding carboxylic acids is 1. The van der Waals surface area contributed by atoms with Gasteiger partial charge < -0.3 is 9.84 Å². The van der Waals surface area contributed by atoms with Gasteiger partial charge in [-0.15, -0.1) is 0 Å². The Morgan fingerprint density at radius 3 is 1.41 bits per heavy atom. The fourth-order valence-corrected chi connectivity index (χ4v) is 11.1. The van der Waals surface area contributed by atoms with Crippen molar-refractivity contribution in [3.8, 4) is 44.8 Å². The van der Waals surface area contributed by atoms with Crippen LogP contribution in [0.15, 0.2) is 110 Å². The number of esters is 1. The summed E-state index contributed by atoms with van der Waals surface area (Å²) in [5.41, 5.74) is 13.8. The molecule has 0 amide bonds. The Balaban J connectivity index is 0.000000169. The molecular weight excluding hydrogens is 941 g/mol. The van der Waals surface area contributed by atoms with Crippen LogP contribution in [-0.4, -0.2) is 83.2 Å². The smallest absolute Gasteiger partial charge is 0.311 e. The zero-order valence-corrected chi connectivity index (χ0v) is 42.5. The minimum atomic E-state index is -0.690. The molecule has 0 atom stereocenters. The second-order valence-electron chi connectivity index (χ2n) is 20.8. The van der Waals surface area contributed by atoms with Crippen LogP contribution in [0, 0.1) is 36.5 Å². The van der Waals surface area contributed by atoms with E-state index in [-0.39, 0.29) is 18.8 Å². The van der Waals surface area contributed by atoms with Gasteiger partial charge in [-0.2, -0.15) is 29.4 Å². The Bertz CT molecular complexity index is 3640. The number of aromatic nitrogens is 12. The minimum Gasteiger partial charge on any atom is -0.481 e. The molecule has 16 nitrogen and oxygen atoms in total. The van der Waals surface area contributed by atoms with E-state index in [1.54, 1.807) is 4.52 Å². The summed E-state index contributed by atoms with van der Waals surface area (Å²) in [6, 6.07) is 28.4. The molecule has 2 fully saturated rings. The molecule has 75 heavy (non-hydrogen) atoms. The molecule has 0 radical (unpaired) electrons. The molecule has 0 saturated heterocycles. The fraction of sp³-hybridized carbons (Fsp3) is 0.356. The lowest BCUT2D eigenvalue weighted by atomic mass is 9.70. The van der Waals surface area contributed by atoms with Gasteiger partial charge >= 0.3 is 11.9 Å². The molecular formula is C59H64N12O4. The number of benzene rings is 2. The Hall–Kier alpha value is -8.14. The van der Waals surface area contributed by atoms with E-state index in [2.05, 4.69) is 59.8 Å². The fourth-order valence-electron chi connectivity index (χ4n) is 11.1. The van der Waals surface area contributed by atoms with Gasteiger partial charge in [0.1, 0.15) is 0 Å². The highest BCUT2D eigenvalue weighted by Crippen LogP contribution is 2.43. The van der Waals surface area contributed by atoms with Crippen molar-refractivity contribution in [1.82, 2.24) is 59.6 Å². The Kier molecular flexibility index (Phi) is 13.9. The summed E-state index contributed by atoms with van der Waals surface area (Å²) in [5.74, 6) is 0.0810. The number of H-pyrrole nitrogens is 2. The van der Waals surface area contributed by atoms with Crippen LogP contribution in [0.3, 0.4) is 0 Å². The van der Waals surface area contributed by atoms with E-state index in [1.807, 2.05) is 125 Å². The Morgan fingerprint density at radius 2 is 1.03 bits per heavy atom. The average Bonchev–Trinajstić information content (AvgIpc) is 4.27. The van der Waals surface area contributed by atoms with Crippen molar-refractivity contribution >= 4 is 45.3 Å². The van der Waals surface area contributed by atoms with Crippen LogP contribution in [-0.2, 0) is 27.2 Å². The van der Waals surface area contributed by atoms with Crippen molar-refractivity contribution in [2.45, 2.75) is 106 Å². The minimum absolute atomic E-state index is 0. The summed E-state index contributed by atoms with van der Waals surface area (Å²) < 4.78 is 8.97. The first-order valence-corrected chi connectivity index (χ1v) is 25.8. The number of hydrogen-bond acceptors (Lipinski definition) is 11. The molecule has 0 spiro atoms. The summed E-state index contributed by atoms with van der Waals surface area (Å²) in [7, 11) is 0. The first kappa shape index (κ1) is 50.4. The van der Waals surface area contributed by atoms with Gasteiger partial charge in [0.05, 0.1) is 63.4 Å². The zero-order valence-electron chi connectivity index (χ0n) is 42.5. The second kappa shape index (κ2) is 20.6. The number of pyridine rings is 2. The number of carboxylic acid groups (broad SMARTS) is 1. The van der Waals surface area contributed by atoms with Gasteiger partial charge in [-0.3, -0.25) is 29.8 Å². The Labute approximate surface area is 435 Å². The number of aliphatic carboxylic acids is 1. The first-order valence-electron chi connectivity index (χ1n) is 25.8. The molecule has 10 aromatic rings.